The number of hydrogen-bond donors (Lipinski definition) is 0. The smallest absolute Gasteiger partial charge is 0.425 e. The lowest BCUT2D eigenvalue weighted by Crippen LogP contribution is -2.50. The summed E-state index contributed by atoms with van der Waals surface area (Å²) in [4.78, 5) is 52.8. The number of carbonyl (C=O) groups excluding carboxylic acids is 2. The molecular formula is C62H87F2N7O7Si2. The summed E-state index contributed by atoms with van der Waals surface area (Å²) < 4.78 is 67.9. The van der Waals surface area contributed by atoms with Crippen LogP contribution in [0.3, 0.4) is 0 Å². The zero-order chi connectivity index (χ0) is 59.1. The minimum absolute atomic E-state index is 0.0290. The van der Waals surface area contributed by atoms with Gasteiger partial charge in [0.2, 0.25) is 5.88 Å². The fraction of sp³-hybridized carbons (Fsp3) is 0.581. The molecule has 3 aromatic heterocycles. The van der Waals surface area contributed by atoms with Crippen molar-refractivity contribution in [2.75, 3.05) is 43.2 Å². The third kappa shape index (κ3) is 12.3. The van der Waals surface area contributed by atoms with Gasteiger partial charge < -0.3 is 33.2 Å². The van der Waals surface area contributed by atoms with Gasteiger partial charge in [0, 0.05) is 28.8 Å². The Morgan fingerprint density at radius 1 is 0.800 bits per heavy atom. The van der Waals surface area contributed by atoms with E-state index in [0.717, 1.165) is 24.3 Å². The van der Waals surface area contributed by atoms with E-state index in [2.05, 4.69) is 104 Å². The SMILES string of the molecule is CC(c1cccnc1N(C(=O)OC(C)(C)C)C(=O)OC(C)(C)C)N1CCOc2nc(-c3cc(O[Si](C(C)C)(C(C)C)C(C)C)cc4ccc(F)c(C#C[Si](C(C)C)(C(C)C)C(C)C)c34)c(F)c3nc(OC[C@@H]4CCCN4C)nc1c23. The number of rotatable bonds is 15. The van der Waals surface area contributed by atoms with E-state index < -0.39 is 57.5 Å². The van der Waals surface area contributed by atoms with E-state index >= 15 is 8.78 Å². The Morgan fingerprint density at radius 2 is 1.41 bits per heavy atom. The van der Waals surface area contributed by atoms with Crippen molar-refractivity contribution >= 4 is 61.9 Å². The molecule has 7 rings (SSSR count). The number of imide groups is 1. The Morgan fingerprint density at radius 3 is 1.96 bits per heavy atom. The molecule has 14 nitrogen and oxygen atoms in total. The van der Waals surface area contributed by atoms with Crippen molar-refractivity contribution in [3.63, 3.8) is 0 Å². The van der Waals surface area contributed by atoms with E-state index in [1.165, 1.54) is 12.3 Å². The number of likely N-dealkylation sites (N-methyl/N-ethyl adjacent to an activating group) is 1. The molecule has 5 heterocycles. The molecule has 2 atom stereocenters. The highest BCUT2D eigenvalue weighted by Crippen LogP contribution is 2.48. The standard InChI is InChI=1S/C62H87F2N7O7Si2/c1-36(2)79(37(3)4,38(5)6)32-27-47-49(63)26-25-43-33-45(78-80(39(7)8,40(9)10)41(11)12)34-48(50(43)47)53-52(64)54-51-56(68-58(67-54)75-35-44-23-22-29-69(44)20)70(30-31-74-57(51)66-53)42(13)46-24-21-28-65-55(46)71(59(72)76-61(14,15)16)60(73)77-62(17,18)19/h21,24-26,28,33-34,36-42,44H,22-23,29-31,35H2,1-20H3/t42?,44-/m0/s1. The highest BCUT2D eigenvalue weighted by Gasteiger charge is 2.48. The van der Waals surface area contributed by atoms with Gasteiger partial charge in [-0.05, 0) is 138 Å². The molecule has 80 heavy (non-hydrogen) atoms. The zero-order valence-electron chi connectivity index (χ0n) is 51.1. The van der Waals surface area contributed by atoms with Gasteiger partial charge in [-0.25, -0.2) is 28.3 Å². The van der Waals surface area contributed by atoms with Crippen LogP contribution in [0, 0.1) is 23.1 Å². The Balaban J connectivity index is 1.54. The third-order valence-electron chi connectivity index (χ3n) is 16.3. The summed E-state index contributed by atoms with van der Waals surface area (Å²) in [7, 11) is -3.01. The molecular weight excluding hydrogens is 1050 g/mol. The highest BCUT2D eigenvalue weighted by molar-refractivity contribution is 6.90. The fourth-order valence-corrected chi connectivity index (χ4v) is 23.1. The lowest BCUT2D eigenvalue weighted by atomic mass is 9.95. The van der Waals surface area contributed by atoms with Crippen LogP contribution in [0.4, 0.5) is 30.0 Å². The van der Waals surface area contributed by atoms with E-state index in [-0.39, 0.29) is 110 Å². The maximum absolute atomic E-state index is 18.8. The van der Waals surface area contributed by atoms with Crippen molar-refractivity contribution in [3.05, 3.63) is 65.4 Å². The molecule has 1 saturated heterocycles. The molecule has 0 N–H and O–H groups in total. The second kappa shape index (κ2) is 23.9. The first-order valence-corrected chi connectivity index (χ1v) is 33.0. The first kappa shape index (κ1) is 61.7. The number of halogens is 2. The number of pyridine rings is 2. The summed E-state index contributed by atoms with van der Waals surface area (Å²) in [5, 5.41) is 1.18. The summed E-state index contributed by atoms with van der Waals surface area (Å²) in [6, 6.07) is 9.59. The van der Waals surface area contributed by atoms with Crippen LogP contribution in [-0.4, -0.2) is 104 Å². The lowest BCUT2D eigenvalue weighted by Gasteiger charge is -2.42. The highest BCUT2D eigenvalue weighted by atomic mass is 28.4. The summed E-state index contributed by atoms with van der Waals surface area (Å²) in [5.74, 6) is 2.86. The van der Waals surface area contributed by atoms with Gasteiger partial charge >= 0.3 is 18.2 Å². The minimum Gasteiger partial charge on any atom is -0.543 e. The van der Waals surface area contributed by atoms with Crippen molar-refractivity contribution in [1.29, 1.82) is 0 Å². The Hall–Kier alpha value is -5.91. The molecule has 18 heteroatoms. The van der Waals surface area contributed by atoms with E-state index in [9.17, 15) is 9.59 Å². The quantitative estimate of drug-likeness (QED) is 0.0726. The van der Waals surface area contributed by atoms with Crippen molar-refractivity contribution in [3.8, 4) is 40.4 Å². The Labute approximate surface area is 476 Å². The molecule has 1 unspecified atom stereocenters. The molecule has 2 aliphatic rings. The Bertz CT molecular complexity index is 3090. The topological polar surface area (TPSA) is 142 Å². The molecule has 2 amide bonds. The van der Waals surface area contributed by atoms with Crippen LogP contribution >= 0.6 is 0 Å². The van der Waals surface area contributed by atoms with E-state index in [1.807, 2.05) is 24.9 Å². The number of hydrogen-bond acceptors (Lipinski definition) is 13. The predicted octanol–water partition coefficient (Wildman–Crippen LogP) is 15.8. The van der Waals surface area contributed by atoms with Gasteiger partial charge in [-0.15, -0.1) is 5.54 Å². The second-order valence-corrected chi connectivity index (χ2v) is 36.7. The molecule has 5 aromatic rings. The van der Waals surface area contributed by atoms with E-state index in [4.69, 9.17) is 38.3 Å². The van der Waals surface area contributed by atoms with E-state index in [1.54, 1.807) is 65.8 Å². The molecule has 0 radical (unpaired) electrons. The van der Waals surface area contributed by atoms with Crippen LogP contribution < -0.4 is 23.7 Å². The van der Waals surface area contributed by atoms with Gasteiger partial charge in [-0.3, -0.25) is 0 Å². The van der Waals surface area contributed by atoms with Gasteiger partial charge in [-0.2, -0.15) is 14.9 Å². The summed E-state index contributed by atoms with van der Waals surface area (Å²) in [6.07, 6.45) is 1.40. The van der Waals surface area contributed by atoms with Gasteiger partial charge in [-0.1, -0.05) is 101 Å². The summed E-state index contributed by atoms with van der Waals surface area (Å²) in [6.45, 7) is 40.0. The molecule has 2 aromatic carbocycles. The third-order valence-corrected chi connectivity index (χ3v) is 28.6. The summed E-state index contributed by atoms with van der Waals surface area (Å²) >= 11 is 0. The molecule has 0 aliphatic carbocycles. The monoisotopic (exact) mass is 1140 g/mol. The van der Waals surface area contributed by atoms with Crippen molar-refractivity contribution in [2.45, 2.75) is 201 Å². The maximum atomic E-state index is 18.8. The largest absolute Gasteiger partial charge is 0.543 e. The maximum Gasteiger partial charge on any atom is 0.425 e. The molecule has 1 fully saturated rings. The molecule has 0 spiro atoms. The normalized spacial score (nSPS) is 15.9. The molecule has 0 bridgehead atoms. The average Bonchev–Trinajstić information content (AvgIpc) is 3.67. The van der Waals surface area contributed by atoms with Gasteiger partial charge in [0.05, 0.1) is 18.2 Å². The number of nitrogens with zero attached hydrogens (tertiary/aromatic N) is 7. The van der Waals surface area contributed by atoms with E-state index in [0.29, 0.717) is 22.1 Å². The summed E-state index contributed by atoms with van der Waals surface area (Å²) in [5.41, 5.74) is 3.79. The number of ether oxygens (including phenoxy) is 4. The molecule has 434 valence electrons. The van der Waals surface area contributed by atoms with Crippen LogP contribution in [0.1, 0.15) is 162 Å². The number of anilines is 2. The van der Waals surface area contributed by atoms with Crippen molar-refractivity contribution in [1.82, 2.24) is 24.8 Å². The number of carbonyl (C=O) groups is 2. The number of fused-ring (bicyclic) bond motifs is 1. The van der Waals surface area contributed by atoms with Crippen molar-refractivity contribution < 1.29 is 41.7 Å². The van der Waals surface area contributed by atoms with Crippen LogP contribution in [0.15, 0.2) is 42.6 Å². The first-order chi connectivity index (χ1) is 37.3. The predicted molar refractivity (Wildman–Crippen MR) is 321 cm³/mol. The molecule has 0 saturated carbocycles. The van der Waals surface area contributed by atoms with Gasteiger partial charge in [0.25, 0.3) is 8.32 Å². The fourth-order valence-electron chi connectivity index (χ4n) is 12.6. The van der Waals surface area contributed by atoms with Gasteiger partial charge in [0.1, 0.15) is 66.5 Å². The lowest BCUT2D eigenvalue weighted by molar-refractivity contribution is 0.0428. The van der Waals surface area contributed by atoms with Gasteiger partial charge in [0.15, 0.2) is 11.6 Å². The number of likely N-dealkylation sites (tertiary alicyclic amines) is 1. The van der Waals surface area contributed by atoms with Crippen LogP contribution in [-0.2, 0) is 9.47 Å². The number of amides is 2. The average molecular weight is 1140 g/mol. The minimum atomic E-state index is -2.63. The second-order valence-electron chi connectivity index (χ2n) is 25.7. The molecule has 2 aliphatic heterocycles. The number of aromatic nitrogens is 4. The van der Waals surface area contributed by atoms with Crippen LogP contribution in [0.25, 0.3) is 32.9 Å². The van der Waals surface area contributed by atoms with Crippen LogP contribution in [0.2, 0.25) is 33.2 Å². The Kier molecular flexibility index (Phi) is 18.4. The zero-order valence-corrected chi connectivity index (χ0v) is 53.1. The van der Waals surface area contributed by atoms with Crippen LogP contribution in [0.5, 0.6) is 17.6 Å². The first-order valence-electron chi connectivity index (χ1n) is 28.7. The van der Waals surface area contributed by atoms with Crippen molar-refractivity contribution in [2.24, 2.45) is 0 Å². The number of benzene rings is 2.